The van der Waals surface area contributed by atoms with E-state index in [9.17, 15) is 15.2 Å². The molecular weight excluding hydrogens is 226 g/mol. The fourth-order valence-electron chi connectivity index (χ4n) is 1.84. The Morgan fingerprint density at radius 1 is 1.59 bits per heavy atom. The van der Waals surface area contributed by atoms with Gasteiger partial charge in [0, 0.05) is 12.0 Å². The molecule has 6 heteroatoms. The van der Waals surface area contributed by atoms with E-state index in [0.29, 0.717) is 12.2 Å². The van der Waals surface area contributed by atoms with Crippen molar-refractivity contribution in [2.24, 2.45) is 0 Å². The number of nitro benzene ring substituents is 1. The molecule has 0 amide bonds. The Bertz CT molecular complexity index is 459. The number of hydrogen-bond acceptors (Lipinski definition) is 5. The molecule has 1 aromatic carbocycles. The van der Waals surface area contributed by atoms with E-state index in [1.54, 1.807) is 13.0 Å². The van der Waals surface area contributed by atoms with Gasteiger partial charge in [0.1, 0.15) is 11.9 Å². The second-order valence-electron chi connectivity index (χ2n) is 3.98. The number of hydrogen-bond donors (Lipinski definition) is 1. The van der Waals surface area contributed by atoms with Crippen molar-refractivity contribution >= 4 is 5.69 Å². The average molecular weight is 239 g/mol. The van der Waals surface area contributed by atoms with E-state index in [4.69, 9.17) is 9.47 Å². The molecule has 0 saturated heterocycles. The van der Waals surface area contributed by atoms with Gasteiger partial charge < -0.3 is 14.6 Å². The van der Waals surface area contributed by atoms with E-state index in [1.165, 1.54) is 13.2 Å². The third-order valence-corrected chi connectivity index (χ3v) is 2.84. The van der Waals surface area contributed by atoms with Gasteiger partial charge in [-0.25, -0.2) is 0 Å². The van der Waals surface area contributed by atoms with Gasteiger partial charge >= 0.3 is 5.69 Å². The van der Waals surface area contributed by atoms with E-state index < -0.39 is 11.0 Å². The number of aliphatic hydroxyl groups excluding tert-OH is 1. The highest BCUT2D eigenvalue weighted by Crippen LogP contribution is 2.37. The monoisotopic (exact) mass is 239 g/mol. The number of ether oxygens (including phenoxy) is 2. The van der Waals surface area contributed by atoms with Crippen LogP contribution < -0.4 is 9.47 Å². The minimum absolute atomic E-state index is 0.130. The summed E-state index contributed by atoms with van der Waals surface area (Å²) < 4.78 is 10.4. The first kappa shape index (κ1) is 11.7. The van der Waals surface area contributed by atoms with Gasteiger partial charge in [0.15, 0.2) is 5.75 Å². The van der Waals surface area contributed by atoms with E-state index in [0.717, 1.165) is 5.56 Å². The van der Waals surface area contributed by atoms with Gasteiger partial charge in [-0.1, -0.05) is 0 Å². The fourth-order valence-corrected chi connectivity index (χ4v) is 1.84. The maximum absolute atomic E-state index is 10.8. The predicted molar refractivity (Wildman–Crippen MR) is 59.4 cm³/mol. The number of nitrogens with zero attached hydrogens (tertiary/aromatic N) is 1. The van der Waals surface area contributed by atoms with Crippen LogP contribution in [-0.2, 0) is 6.42 Å². The van der Waals surface area contributed by atoms with Crippen LogP contribution in [-0.4, -0.2) is 29.3 Å². The van der Waals surface area contributed by atoms with Crippen LogP contribution in [0.3, 0.4) is 0 Å². The van der Waals surface area contributed by atoms with Crippen molar-refractivity contribution in [1.29, 1.82) is 0 Å². The number of aliphatic hydroxyl groups is 1. The van der Waals surface area contributed by atoms with Crippen LogP contribution in [0.25, 0.3) is 0 Å². The molecule has 0 saturated carbocycles. The van der Waals surface area contributed by atoms with Gasteiger partial charge in [-0.2, -0.15) is 0 Å². The van der Waals surface area contributed by atoms with Crippen molar-refractivity contribution in [2.75, 3.05) is 7.11 Å². The van der Waals surface area contributed by atoms with Crippen LogP contribution in [0.4, 0.5) is 5.69 Å². The van der Waals surface area contributed by atoms with Crippen LogP contribution in [0.2, 0.25) is 0 Å². The molecule has 0 fully saturated rings. The van der Waals surface area contributed by atoms with Crippen molar-refractivity contribution in [2.45, 2.75) is 25.6 Å². The molecule has 0 radical (unpaired) electrons. The number of fused-ring (bicyclic) bond motifs is 1. The lowest BCUT2D eigenvalue weighted by Gasteiger charge is -2.28. The Labute approximate surface area is 97.9 Å². The Morgan fingerprint density at radius 3 is 2.88 bits per heavy atom. The largest absolute Gasteiger partial charge is 0.490 e. The third kappa shape index (κ3) is 2.03. The molecule has 1 aromatic rings. The third-order valence-electron chi connectivity index (χ3n) is 2.84. The molecule has 92 valence electrons. The topological polar surface area (TPSA) is 81.8 Å². The molecule has 17 heavy (non-hydrogen) atoms. The maximum Gasteiger partial charge on any atom is 0.314 e. The lowest BCUT2D eigenvalue weighted by Crippen LogP contribution is -2.34. The summed E-state index contributed by atoms with van der Waals surface area (Å²) in [5.74, 6) is 0.620. The molecule has 0 aliphatic carbocycles. The van der Waals surface area contributed by atoms with Crippen LogP contribution in [0.5, 0.6) is 11.5 Å². The molecule has 2 rings (SSSR count). The molecule has 6 nitrogen and oxygen atoms in total. The van der Waals surface area contributed by atoms with E-state index in [1.807, 2.05) is 0 Å². The van der Waals surface area contributed by atoms with Gasteiger partial charge in [0.25, 0.3) is 0 Å². The Balaban J connectivity index is 2.48. The molecule has 1 aliphatic heterocycles. The van der Waals surface area contributed by atoms with Crippen molar-refractivity contribution in [3.05, 3.63) is 27.8 Å². The lowest BCUT2D eigenvalue weighted by molar-refractivity contribution is -0.385. The van der Waals surface area contributed by atoms with Crippen LogP contribution in [0, 0.1) is 10.1 Å². The van der Waals surface area contributed by atoms with E-state index in [2.05, 4.69) is 0 Å². The molecule has 2 unspecified atom stereocenters. The highest BCUT2D eigenvalue weighted by atomic mass is 16.6. The minimum atomic E-state index is -0.603. The molecule has 0 bridgehead atoms. The molecule has 2 atom stereocenters. The second kappa shape index (κ2) is 4.21. The van der Waals surface area contributed by atoms with Crippen molar-refractivity contribution in [3.8, 4) is 11.5 Å². The van der Waals surface area contributed by atoms with Gasteiger partial charge in [-0.05, 0) is 13.0 Å². The summed E-state index contributed by atoms with van der Waals surface area (Å²) in [5, 5.41) is 20.5. The zero-order valence-electron chi connectivity index (χ0n) is 9.54. The fraction of sp³-hybridized carbons (Fsp3) is 0.455. The zero-order chi connectivity index (χ0) is 12.6. The van der Waals surface area contributed by atoms with Gasteiger partial charge in [0.05, 0.1) is 24.2 Å². The van der Waals surface area contributed by atoms with Crippen LogP contribution in [0.15, 0.2) is 12.1 Å². The quantitative estimate of drug-likeness (QED) is 0.621. The standard InChI is InChI=1S/C11H13NO5/c1-6-9(13)3-7-4-11(16-2)8(12(14)15)5-10(7)17-6/h4-6,9,13H,3H2,1-2H3. The van der Waals surface area contributed by atoms with Gasteiger partial charge in [0.2, 0.25) is 0 Å². The van der Waals surface area contributed by atoms with Gasteiger partial charge in [-0.3, -0.25) is 10.1 Å². The summed E-state index contributed by atoms with van der Waals surface area (Å²) in [4.78, 5) is 10.3. The molecular formula is C11H13NO5. The van der Waals surface area contributed by atoms with Crippen molar-refractivity contribution in [3.63, 3.8) is 0 Å². The highest BCUT2D eigenvalue weighted by molar-refractivity contribution is 5.55. The summed E-state index contributed by atoms with van der Waals surface area (Å²) in [6, 6.07) is 2.89. The molecule has 1 N–H and O–H groups in total. The van der Waals surface area contributed by atoms with Crippen molar-refractivity contribution in [1.82, 2.24) is 0 Å². The first-order valence-corrected chi connectivity index (χ1v) is 5.23. The molecule has 1 heterocycles. The average Bonchev–Trinajstić information content (AvgIpc) is 2.29. The zero-order valence-corrected chi connectivity index (χ0v) is 9.54. The minimum Gasteiger partial charge on any atom is -0.490 e. The Kier molecular flexibility index (Phi) is 2.89. The van der Waals surface area contributed by atoms with Gasteiger partial charge in [-0.15, -0.1) is 0 Å². The number of benzene rings is 1. The van der Waals surface area contributed by atoms with E-state index >= 15 is 0 Å². The normalized spacial score (nSPS) is 22.5. The predicted octanol–water partition coefficient (Wildman–Crippen LogP) is 1.29. The number of nitro groups is 1. The molecule has 0 spiro atoms. The summed E-state index contributed by atoms with van der Waals surface area (Å²) in [6.45, 7) is 1.73. The van der Waals surface area contributed by atoms with E-state index in [-0.39, 0.29) is 17.5 Å². The summed E-state index contributed by atoms with van der Waals surface area (Å²) >= 11 is 0. The van der Waals surface area contributed by atoms with Crippen LogP contribution >= 0.6 is 0 Å². The Hall–Kier alpha value is -1.82. The first-order valence-electron chi connectivity index (χ1n) is 5.23. The maximum atomic E-state index is 10.8. The lowest BCUT2D eigenvalue weighted by atomic mass is 9.99. The second-order valence-corrected chi connectivity index (χ2v) is 3.98. The first-order chi connectivity index (χ1) is 8.02. The highest BCUT2D eigenvalue weighted by Gasteiger charge is 2.28. The smallest absolute Gasteiger partial charge is 0.314 e. The molecule has 0 aromatic heterocycles. The SMILES string of the molecule is COc1cc2c(cc1[N+](=O)[O-])OC(C)C(O)C2. The number of rotatable bonds is 2. The number of methoxy groups -OCH3 is 1. The Morgan fingerprint density at radius 2 is 2.29 bits per heavy atom. The van der Waals surface area contributed by atoms with Crippen molar-refractivity contribution < 1.29 is 19.5 Å². The summed E-state index contributed by atoms with van der Waals surface area (Å²) in [5.41, 5.74) is 0.591. The summed E-state index contributed by atoms with van der Waals surface area (Å²) in [6.07, 6.45) is -0.561. The molecule has 1 aliphatic rings. The summed E-state index contributed by atoms with van der Waals surface area (Å²) in [7, 11) is 1.37. The van der Waals surface area contributed by atoms with Crippen LogP contribution in [0.1, 0.15) is 12.5 Å².